The van der Waals surface area contributed by atoms with Gasteiger partial charge < -0.3 is 10.1 Å². The smallest absolute Gasteiger partial charge is 0.330 e. The molecule has 1 aromatic heterocycles. The Morgan fingerprint density at radius 1 is 1.29 bits per heavy atom. The number of hydrogen-bond acceptors (Lipinski definition) is 5. The molecular formula is C14H23N3O4. The molecule has 0 aliphatic heterocycles. The third kappa shape index (κ3) is 4.04. The summed E-state index contributed by atoms with van der Waals surface area (Å²) in [6.45, 7) is 6.07. The fourth-order valence-corrected chi connectivity index (χ4v) is 1.87. The third-order valence-electron chi connectivity index (χ3n) is 3.64. The highest BCUT2D eigenvalue weighted by molar-refractivity contribution is 5.72. The molecular weight excluding hydrogens is 274 g/mol. The normalized spacial score (nSPS) is 13.8. The topological polar surface area (TPSA) is 82.3 Å². The number of nitrogens with one attached hydrogen (secondary N) is 1. The van der Waals surface area contributed by atoms with E-state index in [4.69, 9.17) is 4.74 Å². The number of rotatable bonds is 6. The molecule has 0 aliphatic rings. The summed E-state index contributed by atoms with van der Waals surface area (Å²) >= 11 is 0. The fraction of sp³-hybridized carbons (Fsp3) is 0.643. The SMILES string of the molecule is CCOC(=O)[C@@H](C)[C@@H](C)NCc1cc(=O)n(C)c(=O)n1C. The highest BCUT2D eigenvalue weighted by Crippen LogP contribution is 2.06. The molecule has 118 valence electrons. The molecule has 7 nitrogen and oxygen atoms in total. The van der Waals surface area contributed by atoms with Gasteiger partial charge >= 0.3 is 11.7 Å². The van der Waals surface area contributed by atoms with Crippen molar-refractivity contribution in [1.82, 2.24) is 14.5 Å². The van der Waals surface area contributed by atoms with E-state index < -0.39 is 0 Å². The molecule has 21 heavy (non-hydrogen) atoms. The van der Waals surface area contributed by atoms with Crippen molar-refractivity contribution < 1.29 is 9.53 Å². The van der Waals surface area contributed by atoms with Crippen LogP contribution in [0.25, 0.3) is 0 Å². The van der Waals surface area contributed by atoms with Crippen molar-refractivity contribution in [1.29, 1.82) is 0 Å². The maximum Gasteiger partial charge on any atom is 0.330 e. The van der Waals surface area contributed by atoms with Crippen molar-refractivity contribution in [3.05, 3.63) is 32.6 Å². The minimum atomic E-state index is -0.370. The van der Waals surface area contributed by atoms with Gasteiger partial charge in [0.1, 0.15) is 0 Å². The molecule has 0 amide bonds. The van der Waals surface area contributed by atoms with Crippen LogP contribution < -0.4 is 16.6 Å². The third-order valence-corrected chi connectivity index (χ3v) is 3.64. The Morgan fingerprint density at radius 3 is 2.48 bits per heavy atom. The minimum Gasteiger partial charge on any atom is -0.466 e. The van der Waals surface area contributed by atoms with E-state index in [1.165, 1.54) is 17.7 Å². The Morgan fingerprint density at radius 2 is 1.90 bits per heavy atom. The zero-order chi connectivity index (χ0) is 16.2. The van der Waals surface area contributed by atoms with E-state index in [9.17, 15) is 14.4 Å². The van der Waals surface area contributed by atoms with Crippen LogP contribution in [0, 0.1) is 5.92 Å². The molecule has 0 saturated carbocycles. The van der Waals surface area contributed by atoms with Gasteiger partial charge in [0.15, 0.2) is 0 Å². The van der Waals surface area contributed by atoms with E-state index in [0.29, 0.717) is 18.8 Å². The molecule has 0 radical (unpaired) electrons. The number of carbonyl (C=O) groups excluding carboxylic acids is 1. The molecule has 0 aliphatic carbocycles. The van der Waals surface area contributed by atoms with Gasteiger partial charge in [-0.05, 0) is 13.8 Å². The number of carbonyl (C=O) groups is 1. The first-order chi connectivity index (χ1) is 9.79. The maximum atomic E-state index is 11.8. The summed E-state index contributed by atoms with van der Waals surface area (Å²) in [5.74, 6) is -0.580. The average Bonchev–Trinajstić information content (AvgIpc) is 2.46. The highest BCUT2D eigenvalue weighted by atomic mass is 16.5. The van der Waals surface area contributed by atoms with Crippen LogP contribution in [-0.4, -0.2) is 27.8 Å². The first-order valence-electron chi connectivity index (χ1n) is 6.95. The van der Waals surface area contributed by atoms with Crippen LogP contribution in [-0.2, 0) is 30.2 Å². The van der Waals surface area contributed by atoms with Crippen LogP contribution >= 0.6 is 0 Å². The Kier molecular flexibility index (Phi) is 5.90. The lowest BCUT2D eigenvalue weighted by Gasteiger charge is -2.20. The van der Waals surface area contributed by atoms with Crippen LogP contribution in [0.15, 0.2) is 15.7 Å². The standard InChI is InChI=1S/C14H23N3O4/c1-6-21-13(19)9(2)10(3)15-8-11-7-12(18)17(5)14(20)16(11)4/h7,9-10,15H,6,8H2,1-5H3/t9-,10+/m0/s1. The Balaban J connectivity index is 2.78. The number of hydrogen-bond donors (Lipinski definition) is 1. The second-order valence-corrected chi connectivity index (χ2v) is 5.08. The van der Waals surface area contributed by atoms with Gasteiger partial charge in [-0.3, -0.25) is 18.7 Å². The molecule has 0 fully saturated rings. The van der Waals surface area contributed by atoms with Crippen LogP contribution in [0.1, 0.15) is 26.5 Å². The van der Waals surface area contributed by atoms with Crippen molar-refractivity contribution >= 4 is 5.97 Å². The van der Waals surface area contributed by atoms with E-state index >= 15 is 0 Å². The lowest BCUT2D eigenvalue weighted by molar-refractivity contribution is -0.148. The molecule has 1 aromatic rings. The molecule has 7 heteroatoms. The van der Waals surface area contributed by atoms with E-state index in [1.54, 1.807) is 20.9 Å². The molecule has 1 rings (SSSR count). The predicted octanol–water partition coefficient (Wildman–Crippen LogP) is -0.239. The molecule has 1 N–H and O–H groups in total. The number of aromatic nitrogens is 2. The van der Waals surface area contributed by atoms with Crippen molar-refractivity contribution in [2.24, 2.45) is 20.0 Å². The summed E-state index contributed by atoms with van der Waals surface area (Å²) in [5.41, 5.74) is -0.141. The van der Waals surface area contributed by atoms with Crippen molar-refractivity contribution in [2.45, 2.75) is 33.4 Å². The van der Waals surface area contributed by atoms with E-state index in [1.807, 2.05) is 6.92 Å². The van der Waals surface area contributed by atoms with Crippen molar-refractivity contribution in [3.63, 3.8) is 0 Å². The first-order valence-corrected chi connectivity index (χ1v) is 6.95. The lowest BCUT2D eigenvalue weighted by Crippen LogP contribution is -2.41. The maximum absolute atomic E-state index is 11.8. The van der Waals surface area contributed by atoms with Gasteiger partial charge in [0.25, 0.3) is 5.56 Å². The molecule has 2 atom stereocenters. The number of nitrogens with zero attached hydrogens (tertiary/aromatic N) is 2. The van der Waals surface area contributed by atoms with Gasteiger partial charge in [-0.25, -0.2) is 4.79 Å². The molecule has 0 saturated heterocycles. The quantitative estimate of drug-likeness (QED) is 0.733. The second-order valence-electron chi connectivity index (χ2n) is 5.08. The molecule has 0 aromatic carbocycles. The zero-order valence-corrected chi connectivity index (χ0v) is 13.2. The molecule has 1 heterocycles. The molecule has 0 bridgehead atoms. The van der Waals surface area contributed by atoms with E-state index in [-0.39, 0.29) is 29.2 Å². The predicted molar refractivity (Wildman–Crippen MR) is 79.0 cm³/mol. The molecule has 0 spiro atoms. The number of ether oxygens (including phenoxy) is 1. The van der Waals surface area contributed by atoms with Crippen LogP contribution in [0.4, 0.5) is 0 Å². The molecule has 0 unspecified atom stereocenters. The Hall–Kier alpha value is -1.89. The van der Waals surface area contributed by atoms with Crippen LogP contribution in [0.2, 0.25) is 0 Å². The van der Waals surface area contributed by atoms with Gasteiger partial charge in [0, 0.05) is 38.4 Å². The van der Waals surface area contributed by atoms with Gasteiger partial charge in [-0.2, -0.15) is 0 Å². The van der Waals surface area contributed by atoms with Gasteiger partial charge in [-0.1, -0.05) is 6.92 Å². The fourth-order valence-electron chi connectivity index (χ4n) is 1.87. The summed E-state index contributed by atoms with van der Waals surface area (Å²) in [4.78, 5) is 35.1. The van der Waals surface area contributed by atoms with Gasteiger partial charge in [-0.15, -0.1) is 0 Å². The van der Waals surface area contributed by atoms with Crippen molar-refractivity contribution in [3.8, 4) is 0 Å². The first kappa shape index (κ1) is 17.2. The van der Waals surface area contributed by atoms with Crippen LogP contribution in [0.3, 0.4) is 0 Å². The van der Waals surface area contributed by atoms with E-state index in [2.05, 4.69) is 5.32 Å². The largest absolute Gasteiger partial charge is 0.466 e. The highest BCUT2D eigenvalue weighted by Gasteiger charge is 2.21. The summed E-state index contributed by atoms with van der Waals surface area (Å²) in [5, 5.41) is 3.14. The van der Waals surface area contributed by atoms with Gasteiger partial charge in [0.2, 0.25) is 0 Å². The Bertz CT molecular complexity index is 618. The monoisotopic (exact) mass is 297 g/mol. The summed E-state index contributed by atoms with van der Waals surface area (Å²) in [6.07, 6.45) is 0. The van der Waals surface area contributed by atoms with E-state index in [0.717, 1.165) is 4.57 Å². The zero-order valence-electron chi connectivity index (χ0n) is 13.2. The average molecular weight is 297 g/mol. The summed E-state index contributed by atoms with van der Waals surface area (Å²) in [6, 6.07) is 1.28. The second kappa shape index (κ2) is 7.21. The van der Waals surface area contributed by atoms with Crippen molar-refractivity contribution in [2.75, 3.05) is 6.61 Å². The Labute approximate surface area is 123 Å². The van der Waals surface area contributed by atoms with Crippen LogP contribution in [0.5, 0.6) is 0 Å². The summed E-state index contributed by atoms with van der Waals surface area (Å²) < 4.78 is 7.43. The minimum absolute atomic E-state index is 0.136. The lowest BCUT2D eigenvalue weighted by atomic mass is 10.0. The van der Waals surface area contributed by atoms with Gasteiger partial charge in [0.05, 0.1) is 12.5 Å². The summed E-state index contributed by atoms with van der Waals surface area (Å²) in [7, 11) is 3.05. The number of esters is 1.